The Balaban J connectivity index is 1.64. The number of piperidine rings is 1. The standard InChI is InChI=1S/C17H22Cl2N2O/c18-13-3-4-14(15(19)9-13)16(22)21-11-17(10-12-1-2-12)5-7-20-8-6-17/h3-4,9,12,20H,1-2,5-8,10-11H2,(H,21,22). The number of halogens is 2. The van der Waals surface area contributed by atoms with Gasteiger partial charge in [0, 0.05) is 11.6 Å². The largest absolute Gasteiger partial charge is 0.351 e. The first-order valence-electron chi connectivity index (χ1n) is 8.02. The van der Waals surface area contributed by atoms with Crippen molar-refractivity contribution in [2.24, 2.45) is 11.3 Å². The number of benzene rings is 1. The molecule has 22 heavy (non-hydrogen) atoms. The van der Waals surface area contributed by atoms with Crippen LogP contribution in [0.15, 0.2) is 18.2 Å². The van der Waals surface area contributed by atoms with Crippen LogP contribution in [0.3, 0.4) is 0 Å². The second kappa shape index (κ2) is 6.77. The van der Waals surface area contributed by atoms with Crippen molar-refractivity contribution in [3.63, 3.8) is 0 Å². The van der Waals surface area contributed by atoms with E-state index in [2.05, 4.69) is 10.6 Å². The van der Waals surface area contributed by atoms with Gasteiger partial charge in [0.15, 0.2) is 0 Å². The zero-order chi connectivity index (χ0) is 15.6. The third kappa shape index (κ3) is 3.95. The van der Waals surface area contributed by atoms with Gasteiger partial charge < -0.3 is 10.6 Å². The zero-order valence-electron chi connectivity index (χ0n) is 12.6. The molecule has 1 aromatic carbocycles. The van der Waals surface area contributed by atoms with Gasteiger partial charge >= 0.3 is 0 Å². The lowest BCUT2D eigenvalue weighted by Gasteiger charge is -2.38. The van der Waals surface area contributed by atoms with Gasteiger partial charge in [0.1, 0.15) is 0 Å². The van der Waals surface area contributed by atoms with Crippen LogP contribution in [0.5, 0.6) is 0 Å². The summed E-state index contributed by atoms with van der Waals surface area (Å²) in [6.07, 6.45) is 6.22. The van der Waals surface area contributed by atoms with Crippen LogP contribution in [0.1, 0.15) is 42.5 Å². The summed E-state index contributed by atoms with van der Waals surface area (Å²) in [5.74, 6) is 0.768. The predicted octanol–water partition coefficient (Wildman–Crippen LogP) is 3.89. The van der Waals surface area contributed by atoms with Crippen molar-refractivity contribution in [3.05, 3.63) is 33.8 Å². The summed E-state index contributed by atoms with van der Waals surface area (Å²) >= 11 is 12.0. The smallest absolute Gasteiger partial charge is 0.252 e. The molecule has 1 saturated carbocycles. The van der Waals surface area contributed by atoms with Crippen molar-refractivity contribution in [2.45, 2.75) is 32.1 Å². The van der Waals surface area contributed by atoms with Crippen molar-refractivity contribution < 1.29 is 4.79 Å². The van der Waals surface area contributed by atoms with Gasteiger partial charge in [0.2, 0.25) is 0 Å². The molecule has 0 unspecified atom stereocenters. The summed E-state index contributed by atoms with van der Waals surface area (Å²) in [5, 5.41) is 7.48. The average molecular weight is 341 g/mol. The molecule has 3 nitrogen and oxygen atoms in total. The van der Waals surface area contributed by atoms with E-state index >= 15 is 0 Å². The van der Waals surface area contributed by atoms with Crippen molar-refractivity contribution in [3.8, 4) is 0 Å². The third-order valence-corrected chi connectivity index (χ3v) is 5.43. The van der Waals surface area contributed by atoms with Gasteiger partial charge in [-0.1, -0.05) is 36.0 Å². The van der Waals surface area contributed by atoms with Crippen molar-refractivity contribution in [1.29, 1.82) is 0 Å². The number of carbonyl (C=O) groups is 1. The van der Waals surface area contributed by atoms with Crippen LogP contribution in [0.2, 0.25) is 10.0 Å². The molecule has 1 aromatic rings. The second-order valence-electron chi connectivity index (χ2n) is 6.70. The maximum Gasteiger partial charge on any atom is 0.252 e. The average Bonchev–Trinajstić information content (AvgIpc) is 3.30. The molecule has 5 heteroatoms. The minimum absolute atomic E-state index is 0.102. The highest BCUT2D eigenvalue weighted by atomic mass is 35.5. The number of hydrogen-bond acceptors (Lipinski definition) is 2. The van der Waals surface area contributed by atoms with Crippen LogP contribution in [-0.4, -0.2) is 25.5 Å². The Kier molecular flexibility index (Phi) is 4.96. The van der Waals surface area contributed by atoms with Gasteiger partial charge in [0.05, 0.1) is 10.6 Å². The van der Waals surface area contributed by atoms with Crippen LogP contribution in [0, 0.1) is 11.3 Å². The van der Waals surface area contributed by atoms with E-state index in [1.165, 1.54) is 19.3 Å². The van der Waals surface area contributed by atoms with Gasteiger partial charge in [0.25, 0.3) is 5.91 Å². The predicted molar refractivity (Wildman–Crippen MR) is 90.7 cm³/mol. The molecule has 0 bridgehead atoms. The fourth-order valence-corrected chi connectivity index (χ4v) is 3.88. The maximum atomic E-state index is 12.4. The van der Waals surface area contributed by atoms with Gasteiger partial charge in [-0.2, -0.15) is 0 Å². The summed E-state index contributed by atoms with van der Waals surface area (Å²) in [6, 6.07) is 5.01. The minimum Gasteiger partial charge on any atom is -0.351 e. The molecule has 1 aliphatic heterocycles. The molecule has 1 aliphatic carbocycles. The molecular weight excluding hydrogens is 319 g/mol. The van der Waals surface area contributed by atoms with E-state index in [-0.39, 0.29) is 11.3 Å². The molecule has 0 spiro atoms. The second-order valence-corrected chi connectivity index (χ2v) is 7.55. The topological polar surface area (TPSA) is 41.1 Å². The van der Waals surface area contributed by atoms with Crippen molar-refractivity contribution in [1.82, 2.24) is 10.6 Å². The molecule has 2 fully saturated rings. The lowest BCUT2D eigenvalue weighted by molar-refractivity contribution is 0.0902. The third-order valence-electron chi connectivity index (χ3n) is 4.88. The quantitative estimate of drug-likeness (QED) is 0.853. The number of hydrogen-bond donors (Lipinski definition) is 2. The van der Waals surface area contributed by atoms with Gasteiger partial charge in [-0.15, -0.1) is 0 Å². The minimum atomic E-state index is -0.102. The molecular formula is C17H22Cl2N2O. The Labute approximate surface area is 141 Å². The van der Waals surface area contributed by atoms with E-state index in [0.717, 1.165) is 38.4 Å². The summed E-state index contributed by atoms with van der Waals surface area (Å²) in [4.78, 5) is 12.4. The number of nitrogens with one attached hydrogen (secondary N) is 2. The van der Waals surface area contributed by atoms with Gasteiger partial charge in [-0.05, 0) is 61.9 Å². The molecule has 1 heterocycles. The molecule has 0 atom stereocenters. The van der Waals surface area contributed by atoms with Crippen molar-refractivity contribution in [2.75, 3.05) is 19.6 Å². The first kappa shape index (κ1) is 16.1. The van der Waals surface area contributed by atoms with Gasteiger partial charge in [-0.3, -0.25) is 4.79 Å². The SMILES string of the molecule is O=C(NCC1(CC2CC2)CCNCC1)c1ccc(Cl)cc1Cl. The summed E-state index contributed by atoms with van der Waals surface area (Å²) in [7, 11) is 0. The Morgan fingerprint density at radius 1 is 1.27 bits per heavy atom. The van der Waals surface area contributed by atoms with Gasteiger partial charge in [-0.25, -0.2) is 0 Å². The van der Waals surface area contributed by atoms with E-state index in [1.54, 1.807) is 18.2 Å². The van der Waals surface area contributed by atoms with Crippen LogP contribution >= 0.6 is 23.2 Å². The zero-order valence-corrected chi connectivity index (χ0v) is 14.1. The first-order valence-corrected chi connectivity index (χ1v) is 8.78. The van der Waals surface area contributed by atoms with Crippen LogP contribution in [0.4, 0.5) is 0 Å². The van der Waals surface area contributed by atoms with Crippen LogP contribution in [0.25, 0.3) is 0 Å². The molecule has 3 rings (SSSR count). The van der Waals surface area contributed by atoms with E-state index in [9.17, 15) is 4.79 Å². The number of rotatable bonds is 5. The summed E-state index contributed by atoms with van der Waals surface area (Å²) in [5.41, 5.74) is 0.752. The molecule has 1 saturated heterocycles. The number of amides is 1. The summed E-state index contributed by atoms with van der Waals surface area (Å²) < 4.78 is 0. The maximum absolute atomic E-state index is 12.4. The monoisotopic (exact) mass is 340 g/mol. The van der Waals surface area contributed by atoms with Crippen LogP contribution in [-0.2, 0) is 0 Å². The Morgan fingerprint density at radius 2 is 2.00 bits per heavy atom. The fourth-order valence-electron chi connectivity index (χ4n) is 3.38. The van der Waals surface area contributed by atoms with E-state index in [1.807, 2.05) is 0 Å². The van der Waals surface area contributed by atoms with Crippen molar-refractivity contribution >= 4 is 29.1 Å². The lowest BCUT2D eigenvalue weighted by Crippen LogP contribution is -2.45. The molecule has 0 radical (unpaired) electrons. The van der Waals surface area contributed by atoms with Crippen LogP contribution < -0.4 is 10.6 Å². The Bertz CT molecular complexity index is 552. The molecule has 0 aromatic heterocycles. The van der Waals surface area contributed by atoms with E-state index in [4.69, 9.17) is 23.2 Å². The van der Waals surface area contributed by atoms with E-state index in [0.29, 0.717) is 15.6 Å². The Morgan fingerprint density at radius 3 is 2.64 bits per heavy atom. The molecule has 1 amide bonds. The normalized spacial score (nSPS) is 20.6. The highest BCUT2D eigenvalue weighted by Crippen LogP contribution is 2.44. The molecule has 2 aliphatic rings. The highest BCUT2D eigenvalue weighted by Gasteiger charge is 2.38. The number of carbonyl (C=O) groups excluding carboxylic acids is 1. The molecule has 120 valence electrons. The first-order chi connectivity index (χ1) is 10.6. The molecule has 2 N–H and O–H groups in total. The lowest BCUT2D eigenvalue weighted by atomic mass is 9.74. The summed E-state index contributed by atoms with van der Waals surface area (Å²) in [6.45, 7) is 2.83. The fraction of sp³-hybridized carbons (Fsp3) is 0.588. The Hall–Kier alpha value is -0.770. The van der Waals surface area contributed by atoms with E-state index < -0.39 is 0 Å². The highest BCUT2D eigenvalue weighted by molar-refractivity contribution is 6.36.